The molecule has 4 heteroatoms. The van der Waals surface area contributed by atoms with Gasteiger partial charge in [-0.25, -0.2) is 9.78 Å². The van der Waals surface area contributed by atoms with Crippen LogP contribution in [-0.2, 0) is 0 Å². The molecule has 1 aromatic carbocycles. The lowest BCUT2D eigenvalue weighted by atomic mass is 10.0. The summed E-state index contributed by atoms with van der Waals surface area (Å²) in [5, 5.41) is 13.6. The highest BCUT2D eigenvalue weighted by Crippen LogP contribution is 2.26. The molecule has 0 aliphatic heterocycles. The lowest BCUT2D eigenvalue weighted by molar-refractivity contribution is 0.0691. The molecule has 4 nitrogen and oxygen atoms in total. The van der Waals surface area contributed by atoms with Crippen molar-refractivity contribution in [3.8, 4) is 0 Å². The number of carboxylic acid groups (broad SMARTS) is 1. The number of fused-ring (bicyclic) bond motifs is 1. The SMILES string of the molecule is O=C(O)c1cc(NC2CC=CCC2)c2ccccc2n1. The summed E-state index contributed by atoms with van der Waals surface area (Å²) in [5.41, 5.74) is 1.65. The van der Waals surface area contributed by atoms with Crippen LogP contribution in [-0.4, -0.2) is 22.1 Å². The molecule has 1 aliphatic carbocycles. The van der Waals surface area contributed by atoms with Crippen LogP contribution in [0.15, 0.2) is 42.5 Å². The Hall–Kier alpha value is -2.36. The van der Waals surface area contributed by atoms with Gasteiger partial charge in [0.2, 0.25) is 0 Å². The van der Waals surface area contributed by atoms with Crippen LogP contribution in [0, 0.1) is 0 Å². The lowest BCUT2D eigenvalue weighted by Gasteiger charge is -2.21. The van der Waals surface area contributed by atoms with Gasteiger partial charge in [-0.1, -0.05) is 30.4 Å². The second-order valence-corrected chi connectivity index (χ2v) is 5.00. The number of hydrogen-bond donors (Lipinski definition) is 2. The Morgan fingerprint density at radius 1 is 1.30 bits per heavy atom. The molecule has 0 radical (unpaired) electrons. The molecule has 0 amide bonds. The van der Waals surface area contributed by atoms with Gasteiger partial charge in [-0.2, -0.15) is 0 Å². The largest absolute Gasteiger partial charge is 0.477 e. The third-order valence-corrected chi connectivity index (χ3v) is 3.56. The van der Waals surface area contributed by atoms with Gasteiger partial charge in [0.05, 0.1) is 5.52 Å². The Labute approximate surface area is 117 Å². The van der Waals surface area contributed by atoms with E-state index in [1.54, 1.807) is 6.07 Å². The number of rotatable bonds is 3. The fourth-order valence-corrected chi connectivity index (χ4v) is 2.55. The van der Waals surface area contributed by atoms with Crippen molar-refractivity contribution in [2.75, 3.05) is 5.32 Å². The van der Waals surface area contributed by atoms with E-state index in [1.807, 2.05) is 24.3 Å². The molecule has 0 saturated carbocycles. The average molecular weight is 268 g/mol. The van der Waals surface area contributed by atoms with Crippen LogP contribution < -0.4 is 5.32 Å². The first kappa shape index (κ1) is 12.7. The normalized spacial score (nSPS) is 18.1. The number of aromatic carboxylic acids is 1. The van der Waals surface area contributed by atoms with E-state index < -0.39 is 5.97 Å². The quantitative estimate of drug-likeness (QED) is 0.837. The van der Waals surface area contributed by atoms with Gasteiger partial charge in [0.15, 0.2) is 5.69 Å². The Morgan fingerprint density at radius 3 is 2.90 bits per heavy atom. The first-order valence-electron chi connectivity index (χ1n) is 6.78. The minimum atomic E-state index is -0.998. The summed E-state index contributed by atoms with van der Waals surface area (Å²) in [5.74, 6) is -0.998. The molecule has 3 rings (SSSR count). The number of nitrogens with one attached hydrogen (secondary N) is 1. The zero-order valence-electron chi connectivity index (χ0n) is 11.0. The van der Waals surface area contributed by atoms with Crippen molar-refractivity contribution in [3.63, 3.8) is 0 Å². The van der Waals surface area contributed by atoms with Crippen LogP contribution in [0.5, 0.6) is 0 Å². The maximum absolute atomic E-state index is 11.2. The van der Waals surface area contributed by atoms with Crippen molar-refractivity contribution in [1.82, 2.24) is 4.98 Å². The maximum atomic E-state index is 11.2. The molecule has 20 heavy (non-hydrogen) atoms. The summed E-state index contributed by atoms with van der Waals surface area (Å²) in [7, 11) is 0. The van der Waals surface area contributed by atoms with Crippen molar-refractivity contribution in [2.45, 2.75) is 25.3 Å². The predicted octanol–water partition coefficient (Wildman–Crippen LogP) is 3.45. The van der Waals surface area contributed by atoms with Crippen LogP contribution in [0.1, 0.15) is 29.8 Å². The summed E-state index contributed by atoms with van der Waals surface area (Å²) in [6, 6.07) is 9.60. The van der Waals surface area contributed by atoms with Crippen LogP contribution in [0.4, 0.5) is 5.69 Å². The van der Waals surface area contributed by atoms with Gasteiger partial charge < -0.3 is 10.4 Å². The predicted molar refractivity (Wildman–Crippen MR) is 79.1 cm³/mol. The van der Waals surface area contributed by atoms with Crippen LogP contribution in [0.25, 0.3) is 10.9 Å². The first-order chi connectivity index (χ1) is 9.74. The highest BCUT2D eigenvalue weighted by molar-refractivity contribution is 5.97. The number of benzene rings is 1. The summed E-state index contributed by atoms with van der Waals surface area (Å²) in [6.45, 7) is 0. The van der Waals surface area contributed by atoms with Gasteiger partial charge in [-0.3, -0.25) is 0 Å². The van der Waals surface area contributed by atoms with Gasteiger partial charge in [-0.05, 0) is 31.4 Å². The standard InChI is InChI=1S/C16H16N2O2/c19-16(20)15-10-14(17-11-6-2-1-3-7-11)12-8-4-5-9-13(12)18-15/h1-2,4-5,8-11H,3,6-7H2,(H,17,18)(H,19,20). The van der Waals surface area contributed by atoms with Gasteiger partial charge >= 0.3 is 5.97 Å². The molecular weight excluding hydrogens is 252 g/mol. The smallest absolute Gasteiger partial charge is 0.354 e. The van der Waals surface area contributed by atoms with Crippen molar-refractivity contribution in [1.29, 1.82) is 0 Å². The number of hydrogen-bond acceptors (Lipinski definition) is 3. The zero-order chi connectivity index (χ0) is 13.9. The molecule has 0 saturated heterocycles. The van der Waals surface area contributed by atoms with Gasteiger partial charge in [0, 0.05) is 17.1 Å². The summed E-state index contributed by atoms with van der Waals surface area (Å²) < 4.78 is 0. The van der Waals surface area contributed by atoms with E-state index in [4.69, 9.17) is 0 Å². The Morgan fingerprint density at radius 2 is 2.15 bits per heavy atom. The van der Waals surface area contributed by atoms with E-state index in [1.165, 1.54) is 0 Å². The van der Waals surface area contributed by atoms with Crippen molar-refractivity contribution >= 4 is 22.6 Å². The molecule has 1 unspecified atom stereocenters. The molecule has 102 valence electrons. The van der Waals surface area contributed by atoms with Crippen LogP contribution in [0.2, 0.25) is 0 Å². The van der Waals surface area contributed by atoms with E-state index in [2.05, 4.69) is 22.5 Å². The molecule has 1 aliphatic rings. The molecule has 1 atom stereocenters. The van der Waals surface area contributed by atoms with Crippen molar-refractivity contribution in [3.05, 3.63) is 48.2 Å². The molecule has 1 aromatic heterocycles. The number of allylic oxidation sites excluding steroid dienone is 1. The molecule has 0 fully saturated rings. The number of aromatic nitrogens is 1. The Balaban J connectivity index is 2.02. The lowest BCUT2D eigenvalue weighted by Crippen LogP contribution is -2.20. The van der Waals surface area contributed by atoms with Crippen molar-refractivity contribution < 1.29 is 9.90 Å². The maximum Gasteiger partial charge on any atom is 0.354 e. The monoisotopic (exact) mass is 268 g/mol. The summed E-state index contributed by atoms with van der Waals surface area (Å²) >= 11 is 0. The minimum Gasteiger partial charge on any atom is -0.477 e. The molecule has 1 heterocycles. The second-order valence-electron chi connectivity index (χ2n) is 5.00. The van der Waals surface area contributed by atoms with Crippen LogP contribution in [0.3, 0.4) is 0 Å². The first-order valence-corrected chi connectivity index (χ1v) is 6.78. The van der Waals surface area contributed by atoms with Gasteiger partial charge in [0.25, 0.3) is 0 Å². The van der Waals surface area contributed by atoms with Crippen LogP contribution >= 0.6 is 0 Å². The summed E-state index contributed by atoms with van der Waals surface area (Å²) in [6.07, 6.45) is 7.45. The minimum absolute atomic E-state index is 0.0811. The topological polar surface area (TPSA) is 62.2 Å². The number of carbonyl (C=O) groups is 1. The van der Waals surface area contributed by atoms with Gasteiger partial charge in [0.1, 0.15) is 0 Å². The van der Waals surface area contributed by atoms with Gasteiger partial charge in [-0.15, -0.1) is 0 Å². The third kappa shape index (κ3) is 2.50. The Kier molecular flexibility index (Phi) is 3.37. The molecule has 0 spiro atoms. The highest BCUT2D eigenvalue weighted by atomic mass is 16.4. The fraction of sp³-hybridized carbons (Fsp3) is 0.250. The van der Waals surface area contributed by atoms with E-state index in [-0.39, 0.29) is 5.69 Å². The van der Waals surface area contributed by atoms with E-state index in [0.29, 0.717) is 11.6 Å². The molecular formula is C16H16N2O2. The summed E-state index contributed by atoms with van der Waals surface area (Å²) in [4.78, 5) is 15.4. The fourth-order valence-electron chi connectivity index (χ4n) is 2.55. The molecule has 0 bridgehead atoms. The Bertz CT molecular complexity index is 679. The average Bonchev–Trinajstić information content (AvgIpc) is 2.48. The second kappa shape index (κ2) is 5.33. The van der Waals surface area contributed by atoms with E-state index >= 15 is 0 Å². The number of pyridine rings is 1. The zero-order valence-corrected chi connectivity index (χ0v) is 11.0. The van der Waals surface area contributed by atoms with E-state index in [0.717, 1.165) is 30.3 Å². The number of carboxylic acids is 1. The number of nitrogens with zero attached hydrogens (tertiary/aromatic N) is 1. The van der Waals surface area contributed by atoms with Crippen molar-refractivity contribution in [2.24, 2.45) is 0 Å². The number of para-hydroxylation sites is 1. The molecule has 2 aromatic rings. The number of anilines is 1. The highest BCUT2D eigenvalue weighted by Gasteiger charge is 2.14. The van der Waals surface area contributed by atoms with E-state index in [9.17, 15) is 9.90 Å². The molecule has 2 N–H and O–H groups in total. The third-order valence-electron chi connectivity index (χ3n) is 3.56.